The number of esters is 1. The third-order valence-corrected chi connectivity index (χ3v) is 4.48. The van der Waals surface area contributed by atoms with Gasteiger partial charge in [-0.2, -0.15) is 5.26 Å². The number of hydrogen-bond donors (Lipinski definition) is 1. The van der Waals surface area contributed by atoms with E-state index in [4.69, 9.17) is 9.47 Å². The van der Waals surface area contributed by atoms with Crippen LogP contribution in [0, 0.1) is 11.3 Å². The molecule has 0 amide bonds. The van der Waals surface area contributed by atoms with Gasteiger partial charge >= 0.3 is 5.97 Å². The third kappa shape index (κ3) is 2.31. The highest BCUT2D eigenvalue weighted by Crippen LogP contribution is 2.43. The Morgan fingerprint density at radius 3 is 2.76 bits per heavy atom. The van der Waals surface area contributed by atoms with Gasteiger partial charge in [0.15, 0.2) is 0 Å². The second-order valence-electron chi connectivity index (χ2n) is 5.99. The summed E-state index contributed by atoms with van der Waals surface area (Å²) in [4.78, 5) is 15.2. The summed E-state index contributed by atoms with van der Waals surface area (Å²) < 4.78 is 11.8. The van der Waals surface area contributed by atoms with Crippen LogP contribution in [0.25, 0.3) is 10.9 Å². The van der Waals surface area contributed by atoms with Crippen LogP contribution in [0.5, 0.6) is 0 Å². The zero-order chi connectivity index (χ0) is 17.4. The van der Waals surface area contributed by atoms with Gasteiger partial charge in [0.05, 0.1) is 23.9 Å². The molecule has 2 aromatic carbocycles. The summed E-state index contributed by atoms with van der Waals surface area (Å²) in [5.74, 6) is -1.76. The zero-order valence-corrected chi connectivity index (χ0v) is 13.7. The average molecular weight is 332 g/mol. The summed E-state index contributed by atoms with van der Waals surface area (Å²) in [5.41, 5.74) is 3.81. The molecule has 0 saturated heterocycles. The molecule has 0 saturated carbocycles. The van der Waals surface area contributed by atoms with Gasteiger partial charge in [0.1, 0.15) is 0 Å². The fourth-order valence-corrected chi connectivity index (χ4v) is 3.54. The summed E-state index contributed by atoms with van der Waals surface area (Å²) in [6.45, 7) is 1.76. The molecule has 3 aromatic rings. The second-order valence-corrected chi connectivity index (χ2v) is 5.99. The van der Waals surface area contributed by atoms with Crippen molar-refractivity contribution in [2.45, 2.75) is 19.1 Å². The molecule has 1 aliphatic heterocycles. The van der Waals surface area contributed by atoms with Crippen molar-refractivity contribution in [2.75, 3.05) is 6.61 Å². The van der Waals surface area contributed by atoms with Crippen LogP contribution in [0.2, 0.25) is 0 Å². The van der Waals surface area contributed by atoms with Gasteiger partial charge in [-0.3, -0.25) is 4.79 Å². The number of fused-ring (bicyclic) bond motifs is 3. The monoisotopic (exact) mass is 332 g/mol. The van der Waals surface area contributed by atoms with Crippen LogP contribution >= 0.6 is 0 Å². The molecule has 5 heteroatoms. The predicted molar refractivity (Wildman–Crippen MR) is 91.7 cm³/mol. The van der Waals surface area contributed by atoms with E-state index in [9.17, 15) is 10.1 Å². The number of nitriles is 1. The lowest BCUT2D eigenvalue weighted by Gasteiger charge is -2.36. The molecular weight excluding hydrogens is 316 g/mol. The molecule has 1 unspecified atom stereocenters. The Bertz CT molecular complexity index is 1000. The Morgan fingerprint density at radius 2 is 2.04 bits per heavy atom. The van der Waals surface area contributed by atoms with Crippen LogP contribution in [-0.4, -0.2) is 17.6 Å². The second kappa shape index (κ2) is 5.76. The van der Waals surface area contributed by atoms with E-state index in [1.54, 1.807) is 6.07 Å². The molecule has 1 atom stereocenters. The lowest BCUT2D eigenvalue weighted by Crippen LogP contribution is -2.40. The zero-order valence-electron chi connectivity index (χ0n) is 13.7. The maximum absolute atomic E-state index is 11.9. The van der Waals surface area contributed by atoms with Crippen molar-refractivity contribution in [2.24, 2.45) is 0 Å². The molecule has 4 rings (SSSR count). The Morgan fingerprint density at radius 1 is 1.24 bits per heavy atom. The maximum Gasteiger partial charge on any atom is 0.305 e. The normalized spacial score (nSPS) is 19.2. The summed E-state index contributed by atoms with van der Waals surface area (Å²) in [7, 11) is 0. The number of aromatic nitrogens is 1. The minimum absolute atomic E-state index is 0.391. The van der Waals surface area contributed by atoms with E-state index in [0.717, 1.165) is 22.0 Å². The lowest BCUT2D eigenvalue weighted by molar-refractivity contribution is -0.222. The van der Waals surface area contributed by atoms with E-state index in [2.05, 4.69) is 11.1 Å². The Hall–Kier alpha value is -3.10. The van der Waals surface area contributed by atoms with Gasteiger partial charge in [-0.05, 0) is 24.1 Å². The molecule has 0 aliphatic carbocycles. The number of rotatable bonds is 2. The van der Waals surface area contributed by atoms with Crippen molar-refractivity contribution >= 4 is 16.9 Å². The first-order valence-electron chi connectivity index (χ1n) is 8.09. The van der Waals surface area contributed by atoms with Gasteiger partial charge < -0.3 is 14.5 Å². The number of nitrogens with zero attached hydrogens (tertiary/aromatic N) is 1. The number of carbonyl (C=O) groups excluding carboxylic acids is 1. The summed E-state index contributed by atoms with van der Waals surface area (Å²) >= 11 is 0. The van der Waals surface area contributed by atoms with Gasteiger partial charge in [0.2, 0.25) is 0 Å². The maximum atomic E-state index is 11.9. The van der Waals surface area contributed by atoms with Crippen LogP contribution in [0.3, 0.4) is 0 Å². The molecule has 0 spiro atoms. The molecule has 2 heterocycles. The highest BCUT2D eigenvalue weighted by atomic mass is 16.7. The van der Waals surface area contributed by atoms with Crippen molar-refractivity contribution in [3.63, 3.8) is 0 Å². The Labute approximate surface area is 144 Å². The molecule has 0 bridgehead atoms. The number of aromatic amines is 1. The van der Waals surface area contributed by atoms with Crippen LogP contribution in [0.1, 0.15) is 29.3 Å². The van der Waals surface area contributed by atoms with Crippen LogP contribution in [0.4, 0.5) is 0 Å². The van der Waals surface area contributed by atoms with Gasteiger partial charge in [0.25, 0.3) is 5.79 Å². The molecule has 25 heavy (non-hydrogen) atoms. The van der Waals surface area contributed by atoms with Gasteiger partial charge in [-0.1, -0.05) is 36.4 Å². The fourth-order valence-electron chi connectivity index (χ4n) is 3.54. The summed E-state index contributed by atoms with van der Waals surface area (Å²) in [5, 5.41) is 10.3. The number of nitrogens with one attached hydrogen (secondary N) is 1. The summed E-state index contributed by atoms with van der Waals surface area (Å²) in [6, 6.07) is 17.2. The third-order valence-electron chi connectivity index (χ3n) is 4.48. The first kappa shape index (κ1) is 15.4. The van der Waals surface area contributed by atoms with E-state index < -0.39 is 11.8 Å². The highest BCUT2D eigenvalue weighted by molar-refractivity contribution is 5.90. The largest absolute Gasteiger partial charge is 0.422 e. The quantitative estimate of drug-likeness (QED) is 0.730. The highest BCUT2D eigenvalue weighted by Gasteiger charge is 2.45. The van der Waals surface area contributed by atoms with E-state index in [1.807, 2.05) is 42.5 Å². The summed E-state index contributed by atoms with van der Waals surface area (Å²) in [6.07, 6.45) is 0.643. The number of H-pyrrole nitrogens is 1. The van der Waals surface area contributed by atoms with E-state index in [0.29, 0.717) is 24.3 Å². The first-order valence-corrected chi connectivity index (χ1v) is 8.09. The van der Waals surface area contributed by atoms with Crippen LogP contribution < -0.4 is 0 Å². The minimum atomic E-state index is -1.33. The minimum Gasteiger partial charge on any atom is -0.422 e. The van der Waals surface area contributed by atoms with Crippen molar-refractivity contribution in [3.05, 3.63) is 70.9 Å². The van der Waals surface area contributed by atoms with Crippen LogP contribution in [0.15, 0.2) is 48.5 Å². The number of benzene rings is 2. The van der Waals surface area contributed by atoms with E-state index in [-0.39, 0.29) is 0 Å². The van der Waals surface area contributed by atoms with Crippen molar-refractivity contribution < 1.29 is 14.3 Å². The topological polar surface area (TPSA) is 75.1 Å². The van der Waals surface area contributed by atoms with Crippen molar-refractivity contribution in [1.29, 1.82) is 5.26 Å². The molecule has 0 radical (unpaired) electrons. The number of carbonyl (C=O) groups is 1. The molecular formula is C20H16N2O3. The molecule has 0 fully saturated rings. The van der Waals surface area contributed by atoms with E-state index in [1.165, 1.54) is 6.92 Å². The molecule has 5 nitrogen and oxygen atoms in total. The Kier molecular flexibility index (Phi) is 3.56. The van der Waals surface area contributed by atoms with Crippen molar-refractivity contribution in [3.8, 4) is 6.07 Å². The van der Waals surface area contributed by atoms with Gasteiger partial charge in [-0.15, -0.1) is 0 Å². The predicted octanol–water partition coefficient (Wildman–Crippen LogP) is 3.38. The van der Waals surface area contributed by atoms with E-state index >= 15 is 0 Å². The number of hydrogen-bond acceptors (Lipinski definition) is 4. The fraction of sp³-hybridized carbons (Fsp3) is 0.200. The average Bonchev–Trinajstić information content (AvgIpc) is 3.02. The molecule has 1 aromatic heterocycles. The molecule has 124 valence electrons. The van der Waals surface area contributed by atoms with Crippen LogP contribution in [-0.2, 0) is 26.5 Å². The molecule has 1 N–H and O–H groups in total. The van der Waals surface area contributed by atoms with Gasteiger partial charge in [0, 0.05) is 23.4 Å². The standard InChI is InChI=1S/C20H16N2O3/c1-13(23)25-20(15-7-3-2-4-8-15)19-16(10-11-24-20)18-14(12-21)6-5-9-17(18)22-19/h2-9,22H,10-11H2,1H3. The molecule has 1 aliphatic rings. The van der Waals surface area contributed by atoms with Crippen molar-refractivity contribution in [1.82, 2.24) is 4.98 Å². The lowest BCUT2D eigenvalue weighted by atomic mass is 9.93. The Balaban J connectivity index is 2.04. The smallest absolute Gasteiger partial charge is 0.305 e. The SMILES string of the molecule is CC(=O)OC1(c2ccccc2)OCCc2c1[nH]c1cccc(C#N)c21. The first-order chi connectivity index (χ1) is 12.2. The van der Waals surface area contributed by atoms with Gasteiger partial charge in [-0.25, -0.2) is 0 Å². The number of ether oxygens (including phenoxy) is 2.